The Hall–Kier alpha value is -2.65. The number of hydrogen-bond acceptors (Lipinski definition) is 7. The number of rotatable bonds is 8. The second-order valence-electron chi connectivity index (χ2n) is 6.46. The van der Waals surface area contributed by atoms with Crippen molar-refractivity contribution in [1.82, 2.24) is 10.2 Å². The van der Waals surface area contributed by atoms with E-state index in [0.717, 1.165) is 16.0 Å². The third-order valence-electron chi connectivity index (χ3n) is 4.21. The molecule has 2 aromatic carbocycles. The number of aromatic nitrogens is 2. The van der Waals surface area contributed by atoms with Gasteiger partial charge in [0.2, 0.25) is 11.8 Å². The molecule has 0 saturated carbocycles. The molecule has 0 aliphatic rings. The van der Waals surface area contributed by atoms with Gasteiger partial charge >= 0.3 is 6.01 Å². The van der Waals surface area contributed by atoms with Crippen molar-refractivity contribution in [2.24, 2.45) is 0 Å². The lowest BCUT2D eigenvalue weighted by Gasteiger charge is -2.04. The SMILES string of the molecule is CSc1ccc(Cc2nnc(NC(=O)CCS(=O)(=O)c3ccc(C)cc3)o2)cc1. The van der Waals surface area contributed by atoms with Gasteiger partial charge in [0, 0.05) is 11.3 Å². The van der Waals surface area contributed by atoms with E-state index < -0.39 is 15.7 Å². The zero-order valence-corrected chi connectivity index (χ0v) is 17.7. The summed E-state index contributed by atoms with van der Waals surface area (Å²) in [6.07, 6.45) is 2.25. The quantitative estimate of drug-likeness (QED) is 0.545. The topological polar surface area (TPSA) is 102 Å². The van der Waals surface area contributed by atoms with Crippen LogP contribution in [0.15, 0.2) is 62.7 Å². The normalized spacial score (nSPS) is 11.4. The number of thioether (sulfide) groups is 1. The van der Waals surface area contributed by atoms with Crippen molar-refractivity contribution in [3.8, 4) is 0 Å². The fourth-order valence-corrected chi connectivity index (χ4v) is 4.21. The van der Waals surface area contributed by atoms with Crippen molar-refractivity contribution in [1.29, 1.82) is 0 Å². The molecule has 29 heavy (non-hydrogen) atoms. The van der Waals surface area contributed by atoms with Crippen molar-refractivity contribution < 1.29 is 17.6 Å². The van der Waals surface area contributed by atoms with Crippen LogP contribution in [0.2, 0.25) is 0 Å². The zero-order valence-electron chi connectivity index (χ0n) is 16.1. The van der Waals surface area contributed by atoms with Crippen LogP contribution in [0.1, 0.15) is 23.4 Å². The van der Waals surface area contributed by atoms with Crippen LogP contribution >= 0.6 is 11.8 Å². The molecule has 0 unspecified atom stereocenters. The van der Waals surface area contributed by atoms with Gasteiger partial charge in [-0.2, -0.15) is 0 Å². The second-order valence-corrected chi connectivity index (χ2v) is 9.44. The number of nitrogens with one attached hydrogen (secondary N) is 1. The first kappa shape index (κ1) is 21.1. The Morgan fingerprint density at radius 1 is 1.07 bits per heavy atom. The van der Waals surface area contributed by atoms with Gasteiger partial charge in [0.25, 0.3) is 0 Å². The lowest BCUT2D eigenvalue weighted by Crippen LogP contribution is -2.17. The summed E-state index contributed by atoms with van der Waals surface area (Å²) in [5, 5.41) is 10.2. The van der Waals surface area contributed by atoms with E-state index >= 15 is 0 Å². The highest BCUT2D eigenvalue weighted by molar-refractivity contribution is 7.98. The fraction of sp³-hybridized carbons (Fsp3) is 0.250. The zero-order chi connectivity index (χ0) is 20.9. The van der Waals surface area contributed by atoms with E-state index in [1.54, 1.807) is 36.0 Å². The van der Waals surface area contributed by atoms with Gasteiger partial charge < -0.3 is 4.42 Å². The van der Waals surface area contributed by atoms with Crippen molar-refractivity contribution in [3.63, 3.8) is 0 Å². The first-order valence-electron chi connectivity index (χ1n) is 8.90. The predicted octanol–water partition coefficient (Wildman–Crippen LogP) is 3.49. The fourth-order valence-electron chi connectivity index (χ4n) is 2.57. The number of sulfone groups is 1. The summed E-state index contributed by atoms with van der Waals surface area (Å²) in [6.45, 7) is 1.88. The summed E-state index contributed by atoms with van der Waals surface area (Å²) in [7, 11) is -3.53. The third-order valence-corrected chi connectivity index (χ3v) is 6.68. The average Bonchev–Trinajstić information content (AvgIpc) is 3.14. The molecule has 0 fully saturated rings. The van der Waals surface area contributed by atoms with E-state index in [4.69, 9.17) is 4.42 Å². The highest BCUT2D eigenvalue weighted by atomic mass is 32.2. The highest BCUT2D eigenvalue weighted by Crippen LogP contribution is 2.18. The highest BCUT2D eigenvalue weighted by Gasteiger charge is 2.17. The summed E-state index contributed by atoms with van der Waals surface area (Å²) in [4.78, 5) is 13.4. The monoisotopic (exact) mass is 431 g/mol. The van der Waals surface area contributed by atoms with Crippen LogP contribution in [0, 0.1) is 6.92 Å². The Kier molecular flexibility index (Phi) is 6.71. The summed E-state index contributed by atoms with van der Waals surface area (Å²) in [6, 6.07) is 14.5. The maximum absolute atomic E-state index is 12.3. The van der Waals surface area contributed by atoms with Gasteiger partial charge in [0.15, 0.2) is 9.84 Å². The van der Waals surface area contributed by atoms with Gasteiger partial charge in [0.1, 0.15) is 0 Å². The molecule has 0 aliphatic heterocycles. The van der Waals surface area contributed by atoms with Crippen LogP contribution in [0.4, 0.5) is 6.01 Å². The maximum atomic E-state index is 12.3. The standard InChI is InChI=1S/C20H21N3O4S2/c1-14-3-9-17(10-4-14)29(25,26)12-11-18(24)21-20-23-22-19(27-20)13-15-5-7-16(28-2)8-6-15/h3-10H,11-13H2,1-2H3,(H,21,23,24). The first-order chi connectivity index (χ1) is 13.9. The number of amides is 1. The van der Waals surface area contributed by atoms with Crippen molar-refractivity contribution in [3.05, 3.63) is 65.5 Å². The number of carbonyl (C=O) groups is 1. The summed E-state index contributed by atoms with van der Waals surface area (Å²) in [5.74, 6) is -0.435. The van der Waals surface area contributed by atoms with Crippen LogP contribution < -0.4 is 5.32 Å². The Balaban J connectivity index is 1.53. The lowest BCUT2D eigenvalue weighted by molar-refractivity contribution is -0.116. The molecule has 0 spiro atoms. The molecule has 1 aromatic heterocycles. The Labute approximate surface area is 173 Å². The molecule has 0 saturated heterocycles. The molecule has 7 nitrogen and oxygen atoms in total. The molecule has 0 atom stereocenters. The predicted molar refractivity (Wildman–Crippen MR) is 112 cm³/mol. The largest absolute Gasteiger partial charge is 0.407 e. The molecule has 3 aromatic rings. The minimum Gasteiger partial charge on any atom is -0.407 e. The van der Waals surface area contributed by atoms with Crippen molar-refractivity contribution >= 4 is 33.5 Å². The smallest absolute Gasteiger partial charge is 0.322 e. The number of carbonyl (C=O) groups excluding carboxylic acids is 1. The molecule has 1 N–H and O–H groups in total. The van der Waals surface area contributed by atoms with Gasteiger partial charge in [-0.05, 0) is 43.0 Å². The molecule has 152 valence electrons. The Morgan fingerprint density at radius 2 is 1.76 bits per heavy atom. The Bertz CT molecular complexity index is 1080. The van der Waals surface area contributed by atoms with E-state index in [1.165, 1.54) is 0 Å². The summed E-state index contributed by atoms with van der Waals surface area (Å²) < 4.78 is 30.1. The summed E-state index contributed by atoms with van der Waals surface area (Å²) in [5.41, 5.74) is 1.97. The van der Waals surface area contributed by atoms with Crippen LogP contribution in [-0.2, 0) is 21.1 Å². The number of hydrogen-bond donors (Lipinski definition) is 1. The Morgan fingerprint density at radius 3 is 2.41 bits per heavy atom. The van der Waals surface area contributed by atoms with E-state index in [2.05, 4.69) is 15.5 Å². The van der Waals surface area contributed by atoms with Gasteiger partial charge in [0.05, 0.1) is 17.1 Å². The molecule has 0 aliphatic carbocycles. The molecule has 3 rings (SSSR count). The van der Waals surface area contributed by atoms with Gasteiger partial charge in [-0.3, -0.25) is 10.1 Å². The molecular formula is C20H21N3O4S2. The van der Waals surface area contributed by atoms with Crippen molar-refractivity contribution in [2.45, 2.75) is 29.6 Å². The summed E-state index contributed by atoms with van der Waals surface area (Å²) >= 11 is 1.66. The molecule has 0 radical (unpaired) electrons. The van der Waals surface area contributed by atoms with Gasteiger partial charge in [-0.1, -0.05) is 34.9 Å². The maximum Gasteiger partial charge on any atom is 0.322 e. The number of nitrogens with zero attached hydrogens (tertiary/aromatic N) is 2. The molecule has 1 amide bonds. The van der Waals surface area contributed by atoms with Crippen LogP contribution in [0.25, 0.3) is 0 Å². The lowest BCUT2D eigenvalue weighted by atomic mass is 10.1. The van der Waals surface area contributed by atoms with E-state index in [9.17, 15) is 13.2 Å². The third kappa shape index (κ3) is 5.91. The second kappa shape index (κ2) is 9.23. The van der Waals surface area contributed by atoms with E-state index in [1.807, 2.05) is 37.4 Å². The molecular weight excluding hydrogens is 410 g/mol. The van der Waals surface area contributed by atoms with Crippen LogP contribution in [0.3, 0.4) is 0 Å². The first-order valence-corrected chi connectivity index (χ1v) is 11.8. The number of aryl methyl sites for hydroxylation is 1. The van der Waals surface area contributed by atoms with E-state index in [-0.39, 0.29) is 23.1 Å². The minimum atomic E-state index is -3.53. The van der Waals surface area contributed by atoms with Gasteiger partial charge in [-0.25, -0.2) is 8.42 Å². The number of benzene rings is 2. The van der Waals surface area contributed by atoms with Crippen molar-refractivity contribution in [2.75, 3.05) is 17.3 Å². The minimum absolute atomic E-state index is 0.0431. The van der Waals surface area contributed by atoms with E-state index in [0.29, 0.717) is 12.3 Å². The molecule has 1 heterocycles. The number of anilines is 1. The van der Waals surface area contributed by atoms with Gasteiger partial charge in [-0.15, -0.1) is 16.9 Å². The average molecular weight is 432 g/mol. The van der Waals surface area contributed by atoms with Crippen LogP contribution in [0.5, 0.6) is 0 Å². The molecule has 0 bridgehead atoms. The molecule has 9 heteroatoms. The van der Waals surface area contributed by atoms with Crippen LogP contribution in [-0.4, -0.2) is 36.5 Å².